The zero-order chi connectivity index (χ0) is 17.5. The van der Waals surface area contributed by atoms with Gasteiger partial charge in [0.2, 0.25) is 5.88 Å². The van der Waals surface area contributed by atoms with Crippen LogP contribution in [0.3, 0.4) is 0 Å². The number of ether oxygens (including phenoxy) is 3. The lowest BCUT2D eigenvalue weighted by molar-refractivity contribution is 0.00166. The summed E-state index contributed by atoms with van der Waals surface area (Å²) >= 11 is 0. The Hall–Kier alpha value is -1.70. The Bertz CT molecular complexity index is 557. The molecule has 2 fully saturated rings. The molecule has 25 heavy (non-hydrogen) atoms. The number of morpholine rings is 1. The van der Waals surface area contributed by atoms with Crippen molar-refractivity contribution in [1.82, 2.24) is 15.2 Å². The number of hydrogen-bond acceptors (Lipinski definition) is 6. The molecule has 138 valence electrons. The van der Waals surface area contributed by atoms with Crippen LogP contribution in [0.4, 0.5) is 0 Å². The molecular formula is C18H27N3O4. The Morgan fingerprint density at radius 2 is 2.24 bits per heavy atom. The van der Waals surface area contributed by atoms with Gasteiger partial charge in [-0.3, -0.25) is 9.69 Å². The first-order valence-electron chi connectivity index (χ1n) is 9.05. The van der Waals surface area contributed by atoms with Gasteiger partial charge in [0.15, 0.2) is 0 Å². The van der Waals surface area contributed by atoms with Gasteiger partial charge in [-0.15, -0.1) is 0 Å². The molecule has 0 bridgehead atoms. The van der Waals surface area contributed by atoms with Gasteiger partial charge in [0.1, 0.15) is 5.56 Å². The molecular weight excluding hydrogens is 322 g/mol. The monoisotopic (exact) mass is 349 g/mol. The molecule has 3 rings (SSSR count). The minimum Gasteiger partial charge on any atom is -0.477 e. The summed E-state index contributed by atoms with van der Waals surface area (Å²) in [7, 11) is 0. The number of hydrogen-bond donors (Lipinski definition) is 1. The maximum atomic E-state index is 12.6. The van der Waals surface area contributed by atoms with E-state index in [9.17, 15) is 4.79 Å². The molecule has 0 spiro atoms. The Labute approximate surface area is 148 Å². The summed E-state index contributed by atoms with van der Waals surface area (Å²) in [4.78, 5) is 19.2. The highest BCUT2D eigenvalue weighted by Crippen LogP contribution is 2.22. The summed E-state index contributed by atoms with van der Waals surface area (Å²) in [5, 5.41) is 3.08. The van der Waals surface area contributed by atoms with E-state index in [4.69, 9.17) is 14.2 Å². The van der Waals surface area contributed by atoms with Gasteiger partial charge in [-0.1, -0.05) is 0 Å². The van der Waals surface area contributed by atoms with E-state index in [1.54, 1.807) is 18.3 Å². The van der Waals surface area contributed by atoms with Crippen LogP contribution in [0.5, 0.6) is 5.88 Å². The van der Waals surface area contributed by atoms with Crippen molar-refractivity contribution < 1.29 is 19.0 Å². The summed E-state index contributed by atoms with van der Waals surface area (Å²) in [6.07, 6.45) is 2.67. The van der Waals surface area contributed by atoms with E-state index in [1.807, 2.05) is 6.92 Å². The third-order valence-corrected chi connectivity index (χ3v) is 4.79. The molecule has 0 radical (unpaired) electrons. The van der Waals surface area contributed by atoms with Gasteiger partial charge in [-0.2, -0.15) is 0 Å². The van der Waals surface area contributed by atoms with Crippen molar-refractivity contribution in [3.63, 3.8) is 0 Å². The molecule has 2 aliphatic heterocycles. The number of amides is 1. The first-order chi connectivity index (χ1) is 12.3. The van der Waals surface area contributed by atoms with Crippen LogP contribution in [0.2, 0.25) is 0 Å². The van der Waals surface area contributed by atoms with E-state index < -0.39 is 0 Å². The second-order valence-corrected chi connectivity index (χ2v) is 6.34. The fourth-order valence-electron chi connectivity index (χ4n) is 3.47. The average molecular weight is 349 g/mol. The van der Waals surface area contributed by atoms with E-state index in [0.717, 1.165) is 45.9 Å². The molecule has 2 unspecified atom stereocenters. The highest BCUT2D eigenvalue weighted by atomic mass is 16.5. The first-order valence-corrected chi connectivity index (χ1v) is 9.05. The average Bonchev–Trinajstić information content (AvgIpc) is 3.18. The van der Waals surface area contributed by atoms with Crippen LogP contribution in [0, 0.1) is 5.92 Å². The smallest absolute Gasteiger partial charge is 0.256 e. The lowest BCUT2D eigenvalue weighted by Gasteiger charge is -2.37. The minimum atomic E-state index is -0.145. The van der Waals surface area contributed by atoms with Crippen LogP contribution in [0.25, 0.3) is 0 Å². The van der Waals surface area contributed by atoms with E-state index in [0.29, 0.717) is 30.5 Å². The van der Waals surface area contributed by atoms with Crippen LogP contribution >= 0.6 is 0 Å². The quantitative estimate of drug-likeness (QED) is 0.790. The summed E-state index contributed by atoms with van der Waals surface area (Å²) < 4.78 is 16.5. The molecule has 2 aliphatic rings. The van der Waals surface area contributed by atoms with Gasteiger partial charge in [0, 0.05) is 44.4 Å². The summed E-state index contributed by atoms with van der Waals surface area (Å²) in [5.41, 5.74) is 0.479. The molecule has 0 saturated carbocycles. The number of nitrogens with zero attached hydrogens (tertiary/aromatic N) is 2. The lowest BCUT2D eigenvalue weighted by atomic mass is 9.96. The van der Waals surface area contributed by atoms with Gasteiger partial charge < -0.3 is 19.5 Å². The van der Waals surface area contributed by atoms with E-state index in [-0.39, 0.29) is 11.9 Å². The zero-order valence-corrected chi connectivity index (χ0v) is 14.8. The molecule has 7 nitrogen and oxygen atoms in total. The molecule has 1 aromatic rings. The van der Waals surface area contributed by atoms with E-state index in [2.05, 4.69) is 15.2 Å². The number of rotatable bonds is 7. The van der Waals surface area contributed by atoms with Gasteiger partial charge >= 0.3 is 0 Å². The zero-order valence-electron chi connectivity index (χ0n) is 14.8. The fourth-order valence-corrected chi connectivity index (χ4v) is 3.47. The first kappa shape index (κ1) is 18.1. The van der Waals surface area contributed by atoms with Gasteiger partial charge in [0.25, 0.3) is 5.91 Å². The van der Waals surface area contributed by atoms with Crippen LogP contribution < -0.4 is 10.1 Å². The maximum Gasteiger partial charge on any atom is 0.256 e. The van der Waals surface area contributed by atoms with Gasteiger partial charge in [0.05, 0.1) is 26.4 Å². The Kier molecular flexibility index (Phi) is 6.61. The van der Waals surface area contributed by atoms with Crippen molar-refractivity contribution in [2.24, 2.45) is 5.92 Å². The van der Waals surface area contributed by atoms with E-state index >= 15 is 0 Å². The predicted molar refractivity (Wildman–Crippen MR) is 92.8 cm³/mol. The number of nitrogens with one attached hydrogen (secondary N) is 1. The van der Waals surface area contributed by atoms with Crippen molar-refractivity contribution in [2.45, 2.75) is 19.4 Å². The summed E-state index contributed by atoms with van der Waals surface area (Å²) in [5.74, 6) is 0.682. The van der Waals surface area contributed by atoms with Gasteiger partial charge in [-0.05, 0) is 25.5 Å². The van der Waals surface area contributed by atoms with Crippen LogP contribution in [0.1, 0.15) is 23.7 Å². The van der Waals surface area contributed by atoms with Gasteiger partial charge in [-0.25, -0.2) is 4.98 Å². The van der Waals surface area contributed by atoms with Crippen molar-refractivity contribution in [3.05, 3.63) is 23.9 Å². The summed E-state index contributed by atoms with van der Waals surface area (Å²) in [6.45, 7) is 7.79. The van der Waals surface area contributed by atoms with Crippen molar-refractivity contribution in [3.8, 4) is 5.88 Å². The third kappa shape index (κ3) is 4.68. The molecule has 2 atom stereocenters. The number of carbonyl (C=O) groups excluding carboxylic acids is 1. The summed E-state index contributed by atoms with van der Waals surface area (Å²) in [6, 6.07) is 3.76. The lowest BCUT2D eigenvalue weighted by Crippen LogP contribution is -2.52. The second kappa shape index (κ2) is 9.12. The molecule has 1 N–H and O–H groups in total. The highest BCUT2D eigenvalue weighted by Gasteiger charge is 2.32. The largest absolute Gasteiger partial charge is 0.477 e. The topological polar surface area (TPSA) is 72.9 Å². The van der Waals surface area contributed by atoms with E-state index in [1.165, 1.54) is 0 Å². The molecule has 1 amide bonds. The second-order valence-electron chi connectivity index (χ2n) is 6.34. The van der Waals surface area contributed by atoms with Crippen molar-refractivity contribution >= 4 is 5.91 Å². The fraction of sp³-hybridized carbons (Fsp3) is 0.667. The molecule has 1 aromatic heterocycles. The maximum absolute atomic E-state index is 12.6. The van der Waals surface area contributed by atoms with Crippen molar-refractivity contribution in [2.75, 3.05) is 52.7 Å². The number of carbonyl (C=O) groups is 1. The normalized spacial score (nSPS) is 22.5. The Balaban J connectivity index is 1.64. The Morgan fingerprint density at radius 1 is 1.40 bits per heavy atom. The van der Waals surface area contributed by atoms with Crippen LogP contribution in [0.15, 0.2) is 18.3 Å². The van der Waals surface area contributed by atoms with Crippen molar-refractivity contribution in [1.29, 1.82) is 0 Å². The number of pyridine rings is 1. The predicted octanol–water partition coefficient (Wildman–Crippen LogP) is 0.947. The third-order valence-electron chi connectivity index (χ3n) is 4.79. The highest BCUT2D eigenvalue weighted by molar-refractivity contribution is 5.96. The SMILES string of the molecule is CCOc1ncccc1C(=O)NCC(C1CCOC1)N1CCOCC1. The molecule has 3 heterocycles. The molecule has 0 aromatic carbocycles. The molecule has 2 saturated heterocycles. The molecule has 7 heteroatoms. The van der Waals surface area contributed by atoms with Crippen LogP contribution in [-0.2, 0) is 9.47 Å². The standard InChI is InChI=1S/C18H27N3O4/c1-2-25-18-15(4-3-6-19-18)17(22)20-12-16(14-5-9-24-13-14)21-7-10-23-11-8-21/h3-4,6,14,16H,2,5,7-13H2,1H3,(H,20,22). The minimum absolute atomic E-state index is 0.145. The Morgan fingerprint density at radius 3 is 2.96 bits per heavy atom. The molecule has 0 aliphatic carbocycles. The van der Waals surface area contributed by atoms with Crippen LogP contribution in [-0.4, -0.2) is 74.5 Å². The number of aromatic nitrogens is 1.